The molecule has 27 heavy (non-hydrogen) atoms. The van der Waals surface area contributed by atoms with Gasteiger partial charge in [-0.05, 0) is 18.9 Å². The summed E-state index contributed by atoms with van der Waals surface area (Å²) in [5.41, 5.74) is 5.59. The van der Waals surface area contributed by atoms with Crippen LogP contribution < -0.4 is 11.1 Å². The number of para-hydroxylation sites is 1. The van der Waals surface area contributed by atoms with E-state index in [2.05, 4.69) is 5.32 Å². The van der Waals surface area contributed by atoms with Crippen LogP contribution >= 0.6 is 0 Å². The molecule has 140 valence electrons. The molecule has 1 spiro atoms. The molecule has 0 saturated carbocycles. The van der Waals surface area contributed by atoms with Gasteiger partial charge in [-0.3, -0.25) is 9.59 Å². The van der Waals surface area contributed by atoms with E-state index >= 15 is 0 Å². The fraction of sp³-hybridized carbons (Fsp3) is 0.350. The number of Topliss-reactive ketones (excluding diaryl/α,β-unsaturated/α-hetero) is 1. The Hall–Kier alpha value is -3.09. The van der Waals surface area contributed by atoms with E-state index in [1.165, 1.54) is 0 Å². The number of ether oxygens (including phenoxy) is 2. The van der Waals surface area contributed by atoms with Gasteiger partial charge in [0.15, 0.2) is 5.78 Å². The second-order valence-corrected chi connectivity index (χ2v) is 7.05. The SMILES string of the molecule is CCOC(=O)C1=C(N)OC2=C(C(=O)C[C@H](C)C2)[C@@]12C(=O)Nc1ccccc12. The van der Waals surface area contributed by atoms with Crippen LogP contribution in [0.3, 0.4) is 0 Å². The molecule has 2 aliphatic heterocycles. The molecular weight excluding hydrogens is 348 g/mol. The van der Waals surface area contributed by atoms with Crippen molar-refractivity contribution in [1.82, 2.24) is 0 Å². The third-order valence-corrected chi connectivity index (χ3v) is 5.25. The summed E-state index contributed by atoms with van der Waals surface area (Å²) in [5.74, 6) is -1.25. The number of rotatable bonds is 2. The molecule has 2 atom stereocenters. The third kappa shape index (κ3) is 2.24. The summed E-state index contributed by atoms with van der Waals surface area (Å²) in [6, 6.07) is 6.98. The van der Waals surface area contributed by atoms with E-state index in [1.807, 2.05) is 6.92 Å². The highest BCUT2D eigenvalue weighted by Gasteiger charge is 2.61. The predicted molar refractivity (Wildman–Crippen MR) is 96.1 cm³/mol. The molecule has 1 amide bonds. The first-order valence-corrected chi connectivity index (χ1v) is 8.94. The van der Waals surface area contributed by atoms with Gasteiger partial charge in [-0.2, -0.15) is 0 Å². The van der Waals surface area contributed by atoms with E-state index in [0.29, 0.717) is 23.4 Å². The quantitative estimate of drug-likeness (QED) is 0.772. The first kappa shape index (κ1) is 17.3. The number of allylic oxidation sites excluding steroid dienone is 1. The van der Waals surface area contributed by atoms with Gasteiger partial charge >= 0.3 is 5.97 Å². The summed E-state index contributed by atoms with van der Waals surface area (Å²) in [5, 5.41) is 2.79. The summed E-state index contributed by atoms with van der Waals surface area (Å²) in [7, 11) is 0. The van der Waals surface area contributed by atoms with Crippen LogP contribution in [-0.4, -0.2) is 24.3 Å². The van der Waals surface area contributed by atoms with Crippen LogP contribution in [0, 0.1) is 5.92 Å². The number of ketones is 1. The van der Waals surface area contributed by atoms with E-state index in [0.717, 1.165) is 0 Å². The summed E-state index contributed by atoms with van der Waals surface area (Å²) >= 11 is 0. The Labute approximate surface area is 156 Å². The van der Waals surface area contributed by atoms with Crippen molar-refractivity contribution in [3.8, 4) is 0 Å². The fourth-order valence-corrected chi connectivity index (χ4v) is 4.28. The largest absolute Gasteiger partial charge is 0.462 e. The molecule has 0 saturated heterocycles. The minimum atomic E-state index is -1.64. The Morgan fingerprint density at radius 1 is 1.33 bits per heavy atom. The highest BCUT2D eigenvalue weighted by molar-refractivity contribution is 6.22. The summed E-state index contributed by atoms with van der Waals surface area (Å²) in [6.07, 6.45) is 0.741. The molecule has 1 aromatic carbocycles. The average Bonchev–Trinajstić information content (AvgIpc) is 2.87. The first-order valence-electron chi connectivity index (χ1n) is 8.94. The van der Waals surface area contributed by atoms with Crippen LogP contribution in [0.5, 0.6) is 0 Å². The number of anilines is 1. The van der Waals surface area contributed by atoms with Gasteiger partial charge in [-0.1, -0.05) is 25.1 Å². The van der Waals surface area contributed by atoms with Crippen LogP contribution in [0.15, 0.2) is 47.1 Å². The van der Waals surface area contributed by atoms with Crippen LogP contribution in [0.1, 0.15) is 32.3 Å². The molecule has 0 aromatic heterocycles. The summed E-state index contributed by atoms with van der Waals surface area (Å²) in [6.45, 7) is 3.69. The predicted octanol–water partition coefficient (Wildman–Crippen LogP) is 1.89. The van der Waals surface area contributed by atoms with E-state index < -0.39 is 17.3 Å². The average molecular weight is 368 g/mol. The lowest BCUT2D eigenvalue weighted by atomic mass is 9.64. The van der Waals surface area contributed by atoms with Crippen molar-refractivity contribution in [2.24, 2.45) is 11.7 Å². The number of hydrogen-bond donors (Lipinski definition) is 2. The standard InChI is InChI=1S/C20H20N2O5/c1-3-26-18(24)16-17(21)27-14-9-10(2)8-13(23)15(14)20(16)11-6-4-5-7-12(11)22-19(20)25/h4-7,10H,3,8-9,21H2,1-2H3,(H,22,25)/t10-,20+/m0/s1. The minimum absolute atomic E-state index is 0.0601. The number of hydrogen-bond acceptors (Lipinski definition) is 6. The normalized spacial score (nSPS) is 26.5. The number of carbonyl (C=O) groups excluding carboxylic acids is 3. The lowest BCUT2D eigenvalue weighted by Gasteiger charge is -2.39. The van der Waals surface area contributed by atoms with E-state index in [1.54, 1.807) is 31.2 Å². The highest BCUT2D eigenvalue weighted by atomic mass is 16.5. The Bertz CT molecular complexity index is 945. The number of amides is 1. The van der Waals surface area contributed by atoms with Gasteiger partial charge in [0.25, 0.3) is 0 Å². The van der Waals surface area contributed by atoms with Crippen molar-refractivity contribution < 1.29 is 23.9 Å². The van der Waals surface area contributed by atoms with Gasteiger partial charge in [0, 0.05) is 24.1 Å². The second-order valence-electron chi connectivity index (χ2n) is 7.05. The Morgan fingerprint density at radius 3 is 2.81 bits per heavy atom. The molecule has 2 heterocycles. The van der Waals surface area contributed by atoms with E-state index in [-0.39, 0.29) is 41.8 Å². The second kappa shape index (κ2) is 5.97. The molecule has 0 unspecified atom stereocenters. The molecule has 0 bridgehead atoms. The molecule has 7 heteroatoms. The molecule has 1 aromatic rings. The van der Waals surface area contributed by atoms with Gasteiger partial charge in [-0.15, -0.1) is 0 Å². The van der Waals surface area contributed by atoms with Gasteiger partial charge < -0.3 is 20.5 Å². The van der Waals surface area contributed by atoms with Crippen molar-refractivity contribution in [2.75, 3.05) is 11.9 Å². The molecule has 7 nitrogen and oxygen atoms in total. The lowest BCUT2D eigenvalue weighted by molar-refractivity contribution is -0.141. The van der Waals surface area contributed by atoms with Crippen molar-refractivity contribution in [2.45, 2.75) is 32.1 Å². The Balaban J connectivity index is 2.06. The zero-order valence-corrected chi connectivity index (χ0v) is 15.1. The molecule has 3 aliphatic rings. The van der Waals surface area contributed by atoms with Gasteiger partial charge in [0.05, 0.1) is 12.2 Å². The zero-order valence-electron chi connectivity index (χ0n) is 15.1. The number of nitrogens with two attached hydrogens (primary N) is 1. The first-order chi connectivity index (χ1) is 12.9. The molecule has 0 fully saturated rings. The van der Waals surface area contributed by atoms with Crippen molar-refractivity contribution >= 4 is 23.3 Å². The number of benzene rings is 1. The number of carbonyl (C=O) groups is 3. The fourth-order valence-electron chi connectivity index (χ4n) is 4.28. The van der Waals surface area contributed by atoms with Crippen molar-refractivity contribution in [1.29, 1.82) is 0 Å². The maximum Gasteiger partial charge on any atom is 0.341 e. The molecule has 3 N–H and O–H groups in total. The Kier molecular flexibility index (Phi) is 3.83. The molecule has 0 radical (unpaired) electrons. The number of esters is 1. The van der Waals surface area contributed by atoms with Crippen LogP contribution in [0.2, 0.25) is 0 Å². The maximum atomic E-state index is 13.3. The molecule has 1 aliphatic carbocycles. The van der Waals surface area contributed by atoms with Crippen LogP contribution in [0.25, 0.3) is 0 Å². The summed E-state index contributed by atoms with van der Waals surface area (Å²) < 4.78 is 10.9. The highest BCUT2D eigenvalue weighted by Crippen LogP contribution is 2.54. The van der Waals surface area contributed by atoms with Crippen molar-refractivity contribution in [3.05, 3.63) is 52.6 Å². The van der Waals surface area contributed by atoms with E-state index in [4.69, 9.17) is 15.2 Å². The Morgan fingerprint density at radius 2 is 2.07 bits per heavy atom. The zero-order chi connectivity index (χ0) is 19.3. The minimum Gasteiger partial charge on any atom is -0.462 e. The van der Waals surface area contributed by atoms with Gasteiger partial charge in [0.1, 0.15) is 16.7 Å². The van der Waals surface area contributed by atoms with Crippen LogP contribution in [0.4, 0.5) is 5.69 Å². The van der Waals surface area contributed by atoms with E-state index in [9.17, 15) is 14.4 Å². The smallest absolute Gasteiger partial charge is 0.341 e. The lowest BCUT2D eigenvalue weighted by Crippen LogP contribution is -2.49. The van der Waals surface area contributed by atoms with Crippen LogP contribution in [-0.2, 0) is 29.3 Å². The number of nitrogens with one attached hydrogen (secondary N) is 1. The van der Waals surface area contributed by atoms with Crippen molar-refractivity contribution in [3.63, 3.8) is 0 Å². The monoisotopic (exact) mass is 368 g/mol. The number of fused-ring (bicyclic) bond motifs is 3. The molecule has 4 rings (SSSR count). The van der Waals surface area contributed by atoms with Gasteiger partial charge in [-0.25, -0.2) is 4.79 Å². The third-order valence-electron chi connectivity index (χ3n) is 5.25. The summed E-state index contributed by atoms with van der Waals surface area (Å²) in [4.78, 5) is 39.2. The molecular formula is C20H20N2O5. The topological polar surface area (TPSA) is 108 Å². The maximum absolute atomic E-state index is 13.3. The van der Waals surface area contributed by atoms with Gasteiger partial charge in [0.2, 0.25) is 11.8 Å².